The molecule has 5 rings (SSSR count). The SMILES string of the molecule is CC1=NC2=C(C(=O)C[C@@H](c3ccccc3)C2)[C@H](c2cccnc2)C1C(=O)Nc1ccccc1C(F)(F)F. The first-order valence-electron chi connectivity index (χ1n) is 12.0. The number of anilines is 1. The van der Waals surface area contributed by atoms with E-state index in [1.807, 2.05) is 30.3 Å². The molecule has 1 aromatic heterocycles. The fraction of sp³-hybridized carbons (Fsp3) is 0.241. The number of rotatable bonds is 4. The molecule has 1 amide bonds. The van der Waals surface area contributed by atoms with E-state index in [4.69, 9.17) is 4.99 Å². The van der Waals surface area contributed by atoms with Gasteiger partial charge in [-0.25, -0.2) is 0 Å². The van der Waals surface area contributed by atoms with E-state index in [1.54, 1.807) is 31.5 Å². The molecule has 1 unspecified atom stereocenters. The number of hydrogen-bond acceptors (Lipinski definition) is 4. The van der Waals surface area contributed by atoms with Crippen LogP contribution >= 0.6 is 0 Å². The smallest absolute Gasteiger partial charge is 0.325 e. The zero-order valence-electron chi connectivity index (χ0n) is 20.0. The Hall–Kier alpha value is -4.07. The first kappa shape index (κ1) is 24.6. The number of benzene rings is 2. The van der Waals surface area contributed by atoms with Crippen LogP contribution in [0.25, 0.3) is 0 Å². The molecule has 3 aromatic rings. The maximum absolute atomic E-state index is 13.6. The maximum Gasteiger partial charge on any atom is 0.418 e. The lowest BCUT2D eigenvalue weighted by Gasteiger charge is -2.37. The number of carbonyl (C=O) groups excluding carboxylic acids is 2. The highest BCUT2D eigenvalue weighted by molar-refractivity contribution is 6.13. The van der Waals surface area contributed by atoms with Crippen molar-refractivity contribution in [3.8, 4) is 0 Å². The van der Waals surface area contributed by atoms with Gasteiger partial charge in [-0.1, -0.05) is 48.5 Å². The van der Waals surface area contributed by atoms with Crippen molar-refractivity contribution in [2.75, 3.05) is 5.32 Å². The highest BCUT2D eigenvalue weighted by atomic mass is 19.4. The quantitative estimate of drug-likeness (QED) is 0.453. The van der Waals surface area contributed by atoms with E-state index in [2.05, 4.69) is 10.3 Å². The summed E-state index contributed by atoms with van der Waals surface area (Å²) in [5.41, 5.74) is 1.90. The second-order valence-corrected chi connectivity index (χ2v) is 9.33. The van der Waals surface area contributed by atoms with Crippen molar-refractivity contribution in [2.24, 2.45) is 10.9 Å². The lowest BCUT2D eigenvalue weighted by molar-refractivity contribution is -0.137. The zero-order valence-corrected chi connectivity index (χ0v) is 20.0. The average Bonchev–Trinajstić information content (AvgIpc) is 2.88. The van der Waals surface area contributed by atoms with Gasteiger partial charge >= 0.3 is 6.18 Å². The molecule has 0 saturated heterocycles. The molecule has 2 heterocycles. The van der Waals surface area contributed by atoms with Gasteiger partial charge in [0.05, 0.1) is 17.2 Å². The van der Waals surface area contributed by atoms with Gasteiger partial charge in [0.15, 0.2) is 5.78 Å². The number of hydrogen-bond donors (Lipinski definition) is 1. The zero-order chi connectivity index (χ0) is 26.2. The minimum atomic E-state index is -4.64. The van der Waals surface area contributed by atoms with Crippen LogP contribution in [-0.4, -0.2) is 22.4 Å². The Morgan fingerprint density at radius 2 is 1.65 bits per heavy atom. The first-order chi connectivity index (χ1) is 17.7. The molecule has 37 heavy (non-hydrogen) atoms. The molecule has 0 bridgehead atoms. The van der Waals surface area contributed by atoms with E-state index in [9.17, 15) is 22.8 Å². The second-order valence-electron chi connectivity index (χ2n) is 9.33. The molecule has 8 heteroatoms. The molecule has 0 radical (unpaired) electrons. The number of carbonyl (C=O) groups is 2. The number of allylic oxidation sites excluding steroid dienone is 2. The summed E-state index contributed by atoms with van der Waals surface area (Å²) in [7, 11) is 0. The third-order valence-electron chi connectivity index (χ3n) is 6.98. The van der Waals surface area contributed by atoms with Crippen molar-refractivity contribution in [2.45, 2.75) is 37.8 Å². The Kier molecular flexibility index (Phi) is 6.50. The molecular weight excluding hydrogens is 479 g/mol. The van der Waals surface area contributed by atoms with Crippen molar-refractivity contribution >= 4 is 23.1 Å². The van der Waals surface area contributed by atoms with E-state index >= 15 is 0 Å². The van der Waals surface area contributed by atoms with Crippen LogP contribution in [0.1, 0.15) is 48.3 Å². The molecule has 0 fully saturated rings. The second kappa shape index (κ2) is 9.76. The highest BCUT2D eigenvalue weighted by Gasteiger charge is 2.44. The number of ketones is 1. The van der Waals surface area contributed by atoms with Crippen LogP contribution in [0, 0.1) is 5.92 Å². The van der Waals surface area contributed by atoms with Crippen LogP contribution in [0.3, 0.4) is 0 Å². The molecule has 188 valence electrons. The van der Waals surface area contributed by atoms with Crippen molar-refractivity contribution in [1.82, 2.24) is 4.98 Å². The molecule has 2 aliphatic rings. The summed E-state index contributed by atoms with van der Waals surface area (Å²) in [4.78, 5) is 36.1. The molecule has 2 aromatic carbocycles. The van der Waals surface area contributed by atoms with Gasteiger partial charge in [0.25, 0.3) is 0 Å². The minimum absolute atomic E-state index is 0.0393. The van der Waals surface area contributed by atoms with Crippen LogP contribution < -0.4 is 5.32 Å². The van der Waals surface area contributed by atoms with Crippen molar-refractivity contribution in [1.29, 1.82) is 0 Å². The number of Topliss-reactive ketones (excluding diaryl/α,β-unsaturated/α-hetero) is 1. The summed E-state index contributed by atoms with van der Waals surface area (Å²) < 4.78 is 40.7. The van der Waals surface area contributed by atoms with Gasteiger partial charge in [0.1, 0.15) is 0 Å². The third kappa shape index (κ3) is 4.83. The number of aliphatic imine (C=N–C) groups is 1. The lowest BCUT2D eigenvalue weighted by Crippen LogP contribution is -2.40. The van der Waals surface area contributed by atoms with E-state index in [0.717, 1.165) is 11.6 Å². The molecule has 1 aliphatic carbocycles. The number of amides is 1. The normalized spacial score (nSPS) is 21.8. The van der Waals surface area contributed by atoms with Gasteiger partial charge in [0, 0.05) is 41.7 Å². The summed E-state index contributed by atoms with van der Waals surface area (Å²) in [5, 5.41) is 2.47. The summed E-state index contributed by atoms with van der Waals surface area (Å²) in [6.45, 7) is 1.68. The van der Waals surface area contributed by atoms with Crippen LogP contribution in [0.15, 0.2) is 95.4 Å². The largest absolute Gasteiger partial charge is 0.418 e. The van der Waals surface area contributed by atoms with Gasteiger partial charge in [0.2, 0.25) is 5.91 Å². The van der Waals surface area contributed by atoms with E-state index in [1.165, 1.54) is 18.2 Å². The van der Waals surface area contributed by atoms with E-state index in [0.29, 0.717) is 29.0 Å². The predicted octanol–water partition coefficient (Wildman–Crippen LogP) is 6.31. The van der Waals surface area contributed by atoms with Crippen molar-refractivity contribution in [3.63, 3.8) is 0 Å². The molecular formula is C29H24F3N3O2. The van der Waals surface area contributed by atoms with E-state index < -0.39 is 29.5 Å². The topological polar surface area (TPSA) is 71.4 Å². The fourth-order valence-corrected chi connectivity index (χ4v) is 5.33. The Balaban J connectivity index is 1.55. The molecule has 3 atom stereocenters. The monoisotopic (exact) mass is 503 g/mol. The summed E-state index contributed by atoms with van der Waals surface area (Å²) in [6.07, 6.45) is -0.659. The van der Waals surface area contributed by atoms with Gasteiger partial charge in [-0.3, -0.25) is 19.6 Å². The summed E-state index contributed by atoms with van der Waals surface area (Å²) in [6, 6.07) is 18.1. The number of halogens is 3. The van der Waals surface area contributed by atoms with Gasteiger partial charge < -0.3 is 5.32 Å². The third-order valence-corrected chi connectivity index (χ3v) is 6.98. The molecule has 1 aliphatic heterocycles. The average molecular weight is 504 g/mol. The highest BCUT2D eigenvalue weighted by Crippen LogP contribution is 2.47. The van der Waals surface area contributed by atoms with Crippen LogP contribution in [-0.2, 0) is 15.8 Å². The Labute approximate surface area is 212 Å². The summed E-state index contributed by atoms with van der Waals surface area (Å²) >= 11 is 0. The molecule has 5 nitrogen and oxygen atoms in total. The Morgan fingerprint density at radius 1 is 0.946 bits per heavy atom. The number of alkyl halides is 3. The van der Waals surface area contributed by atoms with Crippen molar-refractivity contribution < 1.29 is 22.8 Å². The van der Waals surface area contributed by atoms with Crippen LogP contribution in [0.4, 0.5) is 18.9 Å². The number of para-hydroxylation sites is 1. The lowest BCUT2D eigenvalue weighted by atomic mass is 9.69. The predicted molar refractivity (Wildman–Crippen MR) is 134 cm³/mol. The number of nitrogens with one attached hydrogen (secondary N) is 1. The number of nitrogens with zero attached hydrogens (tertiary/aromatic N) is 2. The number of aromatic nitrogens is 1. The Bertz CT molecular complexity index is 1400. The first-order valence-corrected chi connectivity index (χ1v) is 12.0. The van der Waals surface area contributed by atoms with Crippen molar-refractivity contribution in [3.05, 3.63) is 107 Å². The van der Waals surface area contributed by atoms with Gasteiger partial charge in [-0.05, 0) is 48.6 Å². The summed E-state index contributed by atoms with van der Waals surface area (Å²) in [5.74, 6) is -2.49. The fourth-order valence-electron chi connectivity index (χ4n) is 5.33. The Morgan fingerprint density at radius 3 is 2.35 bits per heavy atom. The number of pyridine rings is 1. The van der Waals surface area contributed by atoms with Gasteiger partial charge in [-0.2, -0.15) is 13.2 Å². The van der Waals surface area contributed by atoms with E-state index in [-0.39, 0.29) is 23.8 Å². The van der Waals surface area contributed by atoms with Crippen LogP contribution in [0.5, 0.6) is 0 Å². The molecule has 1 N–H and O–H groups in total. The van der Waals surface area contributed by atoms with Gasteiger partial charge in [-0.15, -0.1) is 0 Å². The minimum Gasteiger partial charge on any atom is -0.325 e. The molecule has 0 spiro atoms. The molecule has 0 saturated carbocycles. The standard InChI is InChI=1S/C29H24F3N3O2/c1-17-25(28(37)35-22-12-6-5-11-21(22)29(30,31)32)26(19-10-7-13-33-16-19)27-23(34-17)14-20(15-24(27)36)18-8-3-2-4-9-18/h2-13,16,20,25-26H,14-15H2,1H3,(H,35,37)/t20-,25?,26+/m0/s1. The maximum atomic E-state index is 13.6. The van der Waals surface area contributed by atoms with Crippen LogP contribution in [0.2, 0.25) is 0 Å².